The van der Waals surface area contributed by atoms with Crippen LogP contribution in [0.4, 0.5) is 14.5 Å². The number of carbonyl (C=O) groups excluding carboxylic acids is 1. The Bertz CT molecular complexity index is 945. The summed E-state index contributed by atoms with van der Waals surface area (Å²) >= 11 is 6.99. The van der Waals surface area contributed by atoms with Crippen molar-refractivity contribution in [1.82, 2.24) is 4.98 Å². The number of hydrogen-bond acceptors (Lipinski definition) is 4. The maximum Gasteiger partial charge on any atom is 0.267 e. The van der Waals surface area contributed by atoms with Crippen LogP contribution in [0.3, 0.4) is 0 Å². The van der Waals surface area contributed by atoms with E-state index < -0.39 is 17.5 Å². The van der Waals surface area contributed by atoms with Crippen LogP contribution in [0.2, 0.25) is 5.02 Å². The van der Waals surface area contributed by atoms with Gasteiger partial charge in [0.2, 0.25) is 0 Å². The van der Waals surface area contributed by atoms with Crippen molar-refractivity contribution in [2.75, 3.05) is 5.32 Å². The van der Waals surface area contributed by atoms with Gasteiger partial charge in [-0.2, -0.15) is 0 Å². The Labute approximate surface area is 157 Å². The van der Waals surface area contributed by atoms with Crippen LogP contribution in [0.1, 0.15) is 20.4 Å². The van der Waals surface area contributed by atoms with E-state index in [0.717, 1.165) is 12.1 Å². The van der Waals surface area contributed by atoms with Crippen LogP contribution in [-0.2, 0) is 6.61 Å². The van der Waals surface area contributed by atoms with Crippen molar-refractivity contribution in [3.8, 4) is 5.75 Å². The Hall–Kier alpha value is -2.51. The summed E-state index contributed by atoms with van der Waals surface area (Å²) in [5, 5.41) is 3.76. The van der Waals surface area contributed by atoms with Gasteiger partial charge < -0.3 is 10.1 Å². The monoisotopic (exact) mass is 394 g/mol. The fourth-order valence-electron chi connectivity index (χ4n) is 2.16. The maximum absolute atomic E-state index is 13.2. The van der Waals surface area contributed by atoms with Gasteiger partial charge in [0.25, 0.3) is 5.91 Å². The number of ether oxygens (including phenoxy) is 1. The first kappa shape index (κ1) is 18.3. The Balaban J connectivity index is 1.67. The SMILES string of the molecule is Cc1nc(COc2ccc(Cl)cc2)sc1C(=O)Nc1ccc(F)c(F)c1. The summed E-state index contributed by atoms with van der Waals surface area (Å²) in [6, 6.07) is 10.1. The summed E-state index contributed by atoms with van der Waals surface area (Å²) in [4.78, 5) is 17.0. The molecule has 0 spiro atoms. The molecule has 0 radical (unpaired) electrons. The van der Waals surface area contributed by atoms with Gasteiger partial charge in [-0.15, -0.1) is 11.3 Å². The number of thiazole rings is 1. The van der Waals surface area contributed by atoms with Crippen LogP contribution < -0.4 is 10.1 Å². The minimum Gasteiger partial charge on any atom is -0.486 e. The Kier molecular flexibility index (Phi) is 5.49. The number of amides is 1. The van der Waals surface area contributed by atoms with Crippen LogP contribution in [0.25, 0.3) is 0 Å². The number of anilines is 1. The molecule has 0 bridgehead atoms. The lowest BCUT2D eigenvalue weighted by Crippen LogP contribution is -2.11. The largest absolute Gasteiger partial charge is 0.486 e. The standard InChI is InChI=1S/C18H13ClF2N2O2S/c1-10-17(18(24)23-12-4-7-14(20)15(21)8-12)26-16(22-10)9-25-13-5-2-11(19)3-6-13/h2-8H,9H2,1H3,(H,23,24). The number of benzene rings is 2. The van der Waals surface area contributed by atoms with Gasteiger partial charge in [-0.1, -0.05) is 11.6 Å². The maximum atomic E-state index is 13.2. The molecule has 4 nitrogen and oxygen atoms in total. The second kappa shape index (κ2) is 7.80. The lowest BCUT2D eigenvalue weighted by atomic mass is 10.3. The van der Waals surface area contributed by atoms with Gasteiger partial charge in [0.15, 0.2) is 11.6 Å². The highest BCUT2D eigenvalue weighted by molar-refractivity contribution is 7.13. The Morgan fingerprint density at radius 1 is 1.19 bits per heavy atom. The number of aromatic nitrogens is 1. The summed E-state index contributed by atoms with van der Waals surface area (Å²) in [7, 11) is 0. The first-order valence-electron chi connectivity index (χ1n) is 7.53. The van der Waals surface area contributed by atoms with Crippen LogP contribution in [0.15, 0.2) is 42.5 Å². The summed E-state index contributed by atoms with van der Waals surface area (Å²) < 4.78 is 31.8. The number of carbonyl (C=O) groups is 1. The second-order valence-electron chi connectivity index (χ2n) is 5.35. The van der Waals surface area contributed by atoms with Crippen molar-refractivity contribution < 1.29 is 18.3 Å². The van der Waals surface area contributed by atoms with Gasteiger partial charge in [0, 0.05) is 16.8 Å². The van der Waals surface area contributed by atoms with E-state index in [2.05, 4.69) is 10.3 Å². The Morgan fingerprint density at radius 2 is 1.92 bits per heavy atom. The number of halogens is 3. The van der Waals surface area contributed by atoms with Gasteiger partial charge in [-0.05, 0) is 43.3 Å². The lowest BCUT2D eigenvalue weighted by Gasteiger charge is -2.04. The topological polar surface area (TPSA) is 51.2 Å². The minimum absolute atomic E-state index is 0.167. The molecular formula is C18H13ClF2N2O2S. The molecule has 3 rings (SSSR count). The molecule has 134 valence electrons. The molecule has 0 saturated heterocycles. The Morgan fingerprint density at radius 3 is 2.62 bits per heavy atom. The van der Waals surface area contributed by atoms with E-state index in [1.807, 2.05) is 0 Å². The van der Waals surface area contributed by atoms with E-state index in [4.69, 9.17) is 16.3 Å². The molecule has 0 saturated carbocycles. The molecule has 1 amide bonds. The van der Waals surface area contributed by atoms with Crippen LogP contribution in [0, 0.1) is 18.6 Å². The smallest absolute Gasteiger partial charge is 0.267 e. The molecule has 0 aliphatic heterocycles. The molecule has 0 atom stereocenters. The van der Waals surface area contributed by atoms with Crippen molar-refractivity contribution in [1.29, 1.82) is 0 Å². The number of nitrogens with zero attached hydrogens (tertiary/aromatic N) is 1. The first-order chi connectivity index (χ1) is 12.4. The highest BCUT2D eigenvalue weighted by atomic mass is 35.5. The summed E-state index contributed by atoms with van der Waals surface area (Å²) in [5.41, 5.74) is 0.699. The van der Waals surface area contributed by atoms with Gasteiger partial charge in [0.1, 0.15) is 22.2 Å². The third kappa shape index (κ3) is 4.36. The van der Waals surface area contributed by atoms with Crippen molar-refractivity contribution in [3.63, 3.8) is 0 Å². The number of aryl methyl sites for hydroxylation is 1. The second-order valence-corrected chi connectivity index (χ2v) is 6.87. The molecule has 0 unspecified atom stereocenters. The lowest BCUT2D eigenvalue weighted by molar-refractivity contribution is 0.103. The van der Waals surface area contributed by atoms with Gasteiger partial charge in [0.05, 0.1) is 5.69 Å². The van der Waals surface area contributed by atoms with Gasteiger partial charge in [-0.25, -0.2) is 13.8 Å². The molecule has 2 aromatic carbocycles. The average Bonchev–Trinajstić information content (AvgIpc) is 2.98. The zero-order valence-corrected chi connectivity index (χ0v) is 15.1. The third-order valence-electron chi connectivity index (χ3n) is 3.40. The summed E-state index contributed by atoms with van der Waals surface area (Å²) in [6.07, 6.45) is 0. The van der Waals surface area contributed by atoms with E-state index in [-0.39, 0.29) is 12.3 Å². The molecule has 26 heavy (non-hydrogen) atoms. The van der Waals surface area contributed by atoms with Crippen LogP contribution >= 0.6 is 22.9 Å². The highest BCUT2D eigenvalue weighted by Gasteiger charge is 2.16. The number of nitrogens with one attached hydrogen (secondary N) is 1. The van der Waals surface area contributed by atoms with E-state index in [1.54, 1.807) is 31.2 Å². The molecule has 0 aliphatic carbocycles. The molecule has 8 heteroatoms. The van der Waals surface area contributed by atoms with Crippen molar-refractivity contribution in [2.45, 2.75) is 13.5 Å². The molecule has 1 aromatic heterocycles. The molecule has 0 aliphatic rings. The average molecular weight is 395 g/mol. The van der Waals surface area contributed by atoms with E-state index in [0.29, 0.717) is 26.4 Å². The zero-order chi connectivity index (χ0) is 18.7. The first-order valence-corrected chi connectivity index (χ1v) is 8.73. The van der Waals surface area contributed by atoms with Gasteiger partial charge in [-0.3, -0.25) is 4.79 Å². The van der Waals surface area contributed by atoms with E-state index >= 15 is 0 Å². The van der Waals surface area contributed by atoms with Crippen LogP contribution in [0.5, 0.6) is 5.75 Å². The third-order valence-corrected chi connectivity index (χ3v) is 4.78. The number of rotatable bonds is 5. The van der Waals surface area contributed by atoms with Gasteiger partial charge >= 0.3 is 0 Å². The predicted octanol–water partition coefficient (Wildman–Crippen LogP) is 5.21. The van der Waals surface area contributed by atoms with E-state index in [1.165, 1.54) is 17.4 Å². The summed E-state index contributed by atoms with van der Waals surface area (Å²) in [5.74, 6) is -1.81. The molecule has 0 fully saturated rings. The molecule has 1 heterocycles. The normalized spacial score (nSPS) is 10.6. The van der Waals surface area contributed by atoms with Crippen molar-refractivity contribution in [2.24, 2.45) is 0 Å². The molecule has 1 N–H and O–H groups in total. The summed E-state index contributed by atoms with van der Waals surface area (Å²) in [6.45, 7) is 1.90. The molecule has 3 aromatic rings. The fourth-order valence-corrected chi connectivity index (χ4v) is 3.16. The van der Waals surface area contributed by atoms with Crippen molar-refractivity contribution >= 4 is 34.5 Å². The molecular weight excluding hydrogens is 382 g/mol. The van der Waals surface area contributed by atoms with Crippen molar-refractivity contribution in [3.05, 3.63) is 74.7 Å². The minimum atomic E-state index is -1.03. The highest BCUT2D eigenvalue weighted by Crippen LogP contribution is 2.23. The quantitative estimate of drug-likeness (QED) is 0.646. The predicted molar refractivity (Wildman–Crippen MR) is 96.9 cm³/mol. The number of hydrogen-bond donors (Lipinski definition) is 1. The van der Waals surface area contributed by atoms with E-state index in [9.17, 15) is 13.6 Å². The van der Waals surface area contributed by atoms with Crippen LogP contribution in [-0.4, -0.2) is 10.9 Å². The fraction of sp³-hybridized carbons (Fsp3) is 0.111. The zero-order valence-electron chi connectivity index (χ0n) is 13.6.